The van der Waals surface area contributed by atoms with Crippen LogP contribution in [0.2, 0.25) is 0 Å². The molecule has 0 atom stereocenters. The average Bonchev–Trinajstić information content (AvgIpc) is 3.09. The number of hydrogen-bond acceptors (Lipinski definition) is 4. The molecule has 0 unspecified atom stereocenters. The summed E-state index contributed by atoms with van der Waals surface area (Å²) in [5, 5.41) is 15.3. The Balaban J connectivity index is 1.53. The van der Waals surface area contributed by atoms with E-state index < -0.39 is 12.1 Å². The fraction of sp³-hybridized carbons (Fsp3) is 0.167. The van der Waals surface area contributed by atoms with Crippen LogP contribution in [-0.2, 0) is 16.0 Å². The van der Waals surface area contributed by atoms with Crippen molar-refractivity contribution in [3.63, 3.8) is 0 Å². The Morgan fingerprint density at radius 2 is 1.72 bits per heavy atom. The van der Waals surface area contributed by atoms with Gasteiger partial charge >= 0.3 is 12.1 Å². The number of nitrogens with one attached hydrogen (secondary N) is 1. The minimum absolute atomic E-state index is 0.0775. The average molecular weight is 428 g/mol. The number of fused-ring (bicyclic) bond motifs is 3. The monoisotopic (exact) mass is 428 g/mol. The van der Waals surface area contributed by atoms with E-state index in [1.165, 1.54) is 12.1 Å². The van der Waals surface area contributed by atoms with Crippen molar-refractivity contribution < 1.29 is 19.4 Å². The van der Waals surface area contributed by atoms with E-state index in [1.54, 1.807) is 6.92 Å². The van der Waals surface area contributed by atoms with Gasteiger partial charge in [-0.05, 0) is 58.0 Å². The fourth-order valence-electron chi connectivity index (χ4n) is 4.09. The molecule has 8 nitrogen and oxygen atoms in total. The summed E-state index contributed by atoms with van der Waals surface area (Å²) in [6, 6.07) is 19.1. The summed E-state index contributed by atoms with van der Waals surface area (Å²) in [5.74, 6) is -1.11. The van der Waals surface area contributed by atoms with Crippen molar-refractivity contribution in [3.8, 4) is 11.1 Å². The molecule has 1 amide bonds. The van der Waals surface area contributed by atoms with Gasteiger partial charge < -0.3 is 9.84 Å². The molecular formula is C24H20N4O4. The van der Waals surface area contributed by atoms with Crippen molar-refractivity contribution in [2.75, 3.05) is 11.9 Å². The second kappa shape index (κ2) is 8.83. The van der Waals surface area contributed by atoms with Gasteiger partial charge in [0.2, 0.25) is 0 Å². The predicted molar refractivity (Wildman–Crippen MR) is 120 cm³/mol. The Bertz CT molecular complexity index is 1220. The molecule has 3 aromatic carbocycles. The number of ether oxygens (including phenoxy) is 1. The number of hydrogen-bond donors (Lipinski definition) is 2. The highest BCUT2D eigenvalue weighted by molar-refractivity contribution is 5.88. The van der Waals surface area contributed by atoms with Crippen molar-refractivity contribution in [3.05, 3.63) is 93.4 Å². The van der Waals surface area contributed by atoms with E-state index >= 15 is 0 Å². The number of rotatable bonds is 6. The normalized spacial score (nSPS) is 11.8. The molecule has 32 heavy (non-hydrogen) atoms. The Labute approximate surface area is 184 Å². The van der Waals surface area contributed by atoms with E-state index in [0.717, 1.165) is 22.3 Å². The van der Waals surface area contributed by atoms with Crippen molar-refractivity contribution in [2.24, 2.45) is 5.11 Å². The largest absolute Gasteiger partial charge is 0.481 e. The fourth-order valence-corrected chi connectivity index (χ4v) is 4.09. The molecule has 1 aliphatic carbocycles. The highest BCUT2D eigenvalue weighted by Crippen LogP contribution is 2.44. The number of azide groups is 1. The molecule has 2 N–H and O–H groups in total. The lowest BCUT2D eigenvalue weighted by Crippen LogP contribution is -2.18. The Morgan fingerprint density at radius 1 is 1.09 bits per heavy atom. The Hall–Kier alpha value is -4.29. The summed E-state index contributed by atoms with van der Waals surface area (Å²) >= 11 is 0. The van der Waals surface area contributed by atoms with Gasteiger partial charge in [-0.3, -0.25) is 10.1 Å². The van der Waals surface area contributed by atoms with Crippen LogP contribution in [0.15, 0.2) is 65.8 Å². The molecule has 0 fully saturated rings. The molecule has 4 rings (SSSR count). The lowest BCUT2D eigenvalue weighted by molar-refractivity contribution is -0.136. The third kappa shape index (κ3) is 4.12. The standard InChI is InChI=1S/C24H20N4O4/c1-14-15(11-23(29)30)10-16(27-28-25)12-22(14)26-24(31)32-13-21-19-8-4-2-6-17(19)18-7-3-5-9-20(18)21/h2-10,12,21H,11,13H2,1H3,(H,26,31)(H,29,30). The summed E-state index contributed by atoms with van der Waals surface area (Å²) in [7, 11) is 0. The smallest absolute Gasteiger partial charge is 0.411 e. The molecule has 0 saturated heterocycles. The zero-order chi connectivity index (χ0) is 22.7. The maximum absolute atomic E-state index is 12.6. The first-order chi connectivity index (χ1) is 15.5. The minimum atomic E-state index is -1.03. The summed E-state index contributed by atoms with van der Waals surface area (Å²) in [5.41, 5.74) is 14.8. The molecule has 0 bridgehead atoms. The number of amides is 1. The van der Waals surface area contributed by atoms with Crippen LogP contribution >= 0.6 is 0 Å². The quantitative estimate of drug-likeness (QED) is 0.287. The summed E-state index contributed by atoms with van der Waals surface area (Å²) in [6.07, 6.45) is -0.936. The van der Waals surface area contributed by atoms with Crippen LogP contribution in [0, 0.1) is 6.92 Å². The van der Waals surface area contributed by atoms with E-state index in [0.29, 0.717) is 16.8 Å². The van der Waals surface area contributed by atoms with Crippen LogP contribution in [0.25, 0.3) is 21.6 Å². The molecule has 0 aromatic heterocycles. The van der Waals surface area contributed by atoms with Crippen LogP contribution in [0.1, 0.15) is 28.2 Å². The maximum Gasteiger partial charge on any atom is 0.411 e. The van der Waals surface area contributed by atoms with Gasteiger partial charge in [0.1, 0.15) is 6.61 Å². The maximum atomic E-state index is 12.6. The van der Waals surface area contributed by atoms with Gasteiger partial charge in [-0.25, -0.2) is 4.79 Å². The van der Waals surface area contributed by atoms with E-state index in [9.17, 15) is 9.59 Å². The zero-order valence-electron chi connectivity index (χ0n) is 17.3. The summed E-state index contributed by atoms with van der Waals surface area (Å²) in [6.45, 7) is 1.84. The molecule has 0 saturated carbocycles. The van der Waals surface area contributed by atoms with Crippen molar-refractivity contribution in [1.29, 1.82) is 0 Å². The first kappa shape index (κ1) is 21.0. The number of carbonyl (C=O) groups is 2. The third-order valence-electron chi connectivity index (χ3n) is 5.58. The number of carboxylic acids is 1. The molecule has 0 spiro atoms. The van der Waals surface area contributed by atoms with E-state index in [-0.39, 0.29) is 24.6 Å². The van der Waals surface area contributed by atoms with Crippen LogP contribution in [-0.4, -0.2) is 23.8 Å². The number of carbonyl (C=O) groups excluding carboxylic acids is 1. The lowest BCUT2D eigenvalue weighted by Gasteiger charge is -2.16. The molecule has 0 heterocycles. The van der Waals surface area contributed by atoms with E-state index in [2.05, 4.69) is 27.5 Å². The van der Waals surface area contributed by atoms with Gasteiger partial charge in [0.05, 0.1) is 6.42 Å². The first-order valence-corrected chi connectivity index (χ1v) is 10.0. The van der Waals surface area contributed by atoms with Gasteiger partial charge in [-0.1, -0.05) is 53.6 Å². The van der Waals surface area contributed by atoms with Gasteiger partial charge in [0.15, 0.2) is 0 Å². The third-order valence-corrected chi connectivity index (χ3v) is 5.58. The van der Waals surface area contributed by atoms with Crippen LogP contribution in [0.4, 0.5) is 16.2 Å². The second-order valence-corrected chi connectivity index (χ2v) is 7.49. The van der Waals surface area contributed by atoms with Crippen LogP contribution in [0.3, 0.4) is 0 Å². The van der Waals surface area contributed by atoms with Crippen molar-refractivity contribution >= 4 is 23.4 Å². The van der Waals surface area contributed by atoms with Gasteiger partial charge in [0, 0.05) is 22.2 Å². The minimum Gasteiger partial charge on any atom is -0.481 e. The zero-order valence-corrected chi connectivity index (χ0v) is 17.3. The number of aliphatic carboxylic acids is 1. The highest BCUT2D eigenvalue weighted by atomic mass is 16.5. The Kier molecular flexibility index (Phi) is 5.79. The number of anilines is 1. The van der Waals surface area contributed by atoms with Crippen molar-refractivity contribution in [1.82, 2.24) is 0 Å². The predicted octanol–water partition coefficient (Wildman–Crippen LogP) is 5.92. The lowest BCUT2D eigenvalue weighted by atomic mass is 9.98. The number of nitrogens with zero attached hydrogens (tertiary/aromatic N) is 3. The summed E-state index contributed by atoms with van der Waals surface area (Å²) < 4.78 is 5.55. The molecule has 8 heteroatoms. The van der Waals surface area contributed by atoms with Gasteiger partial charge in [0.25, 0.3) is 0 Å². The second-order valence-electron chi connectivity index (χ2n) is 7.49. The molecule has 0 aliphatic heterocycles. The summed E-state index contributed by atoms with van der Waals surface area (Å²) in [4.78, 5) is 26.5. The molecule has 3 aromatic rings. The van der Waals surface area contributed by atoms with Crippen molar-refractivity contribution in [2.45, 2.75) is 19.3 Å². The van der Waals surface area contributed by atoms with E-state index in [4.69, 9.17) is 15.4 Å². The molecular weight excluding hydrogens is 408 g/mol. The van der Waals surface area contributed by atoms with Crippen LogP contribution in [0.5, 0.6) is 0 Å². The van der Waals surface area contributed by atoms with Gasteiger partial charge in [-0.15, -0.1) is 0 Å². The highest BCUT2D eigenvalue weighted by Gasteiger charge is 2.29. The molecule has 160 valence electrons. The van der Waals surface area contributed by atoms with Gasteiger partial charge in [-0.2, -0.15) is 0 Å². The topological polar surface area (TPSA) is 124 Å². The number of benzene rings is 3. The number of carboxylic acid groups (broad SMARTS) is 1. The molecule has 1 aliphatic rings. The molecule has 0 radical (unpaired) electrons. The van der Waals surface area contributed by atoms with Crippen LogP contribution < -0.4 is 5.32 Å². The SMILES string of the molecule is Cc1c(CC(=O)O)cc(N=[N+]=[N-])cc1NC(=O)OCC1c2ccccc2-c2ccccc21. The first-order valence-electron chi connectivity index (χ1n) is 10.0. The Morgan fingerprint density at radius 3 is 2.31 bits per heavy atom. The van der Waals surface area contributed by atoms with E-state index in [1.807, 2.05) is 36.4 Å².